The topological polar surface area (TPSA) is 147 Å². The van der Waals surface area contributed by atoms with Crippen molar-refractivity contribution in [2.45, 2.75) is 44.4 Å². The number of nitrogens with zero attached hydrogens (tertiary/aromatic N) is 3. The Bertz CT molecular complexity index is 1800. The third-order valence-corrected chi connectivity index (χ3v) is 9.31. The number of benzene rings is 2. The zero-order chi connectivity index (χ0) is 30.3. The van der Waals surface area contributed by atoms with Gasteiger partial charge in [-0.25, -0.2) is 36.8 Å². The molecule has 2 aliphatic rings. The van der Waals surface area contributed by atoms with Crippen LogP contribution in [0.1, 0.15) is 54.0 Å². The molecule has 44 heavy (non-hydrogen) atoms. The van der Waals surface area contributed by atoms with Crippen molar-refractivity contribution in [1.82, 2.24) is 14.8 Å². The molecule has 1 saturated carbocycles. The van der Waals surface area contributed by atoms with Gasteiger partial charge in [0, 0.05) is 35.5 Å². The number of primary sulfonamides is 1. The SMILES string of the molecule is C.NS(=O)(=O)c1ccc(Cc2c(-c3ccc(F)c(OCC4CCOC4)c3)nn(-c3nc(C(=O)O)cs3)c2CC2CC2)cc1F. The van der Waals surface area contributed by atoms with Crippen molar-refractivity contribution in [3.05, 3.63) is 75.9 Å². The van der Waals surface area contributed by atoms with Crippen LogP contribution in [0.3, 0.4) is 0 Å². The van der Waals surface area contributed by atoms with Crippen molar-refractivity contribution in [2.24, 2.45) is 17.0 Å². The molecule has 1 atom stereocenters. The van der Waals surface area contributed by atoms with Gasteiger partial charge in [-0.2, -0.15) is 5.10 Å². The highest BCUT2D eigenvalue weighted by molar-refractivity contribution is 7.89. The van der Waals surface area contributed by atoms with Crippen molar-refractivity contribution < 1.29 is 36.6 Å². The summed E-state index contributed by atoms with van der Waals surface area (Å²) in [6.07, 6.45) is 3.61. The van der Waals surface area contributed by atoms with Crippen LogP contribution in [0.4, 0.5) is 8.78 Å². The van der Waals surface area contributed by atoms with Crippen LogP contribution in [-0.2, 0) is 27.6 Å². The molecule has 0 amide bonds. The highest BCUT2D eigenvalue weighted by Crippen LogP contribution is 2.39. The molecule has 0 spiro atoms. The van der Waals surface area contributed by atoms with Gasteiger partial charge in [0.15, 0.2) is 17.3 Å². The van der Waals surface area contributed by atoms with Crippen LogP contribution in [0.5, 0.6) is 5.75 Å². The lowest BCUT2D eigenvalue weighted by Crippen LogP contribution is -2.14. The van der Waals surface area contributed by atoms with Crippen molar-refractivity contribution in [3.63, 3.8) is 0 Å². The number of hydrogen-bond acceptors (Lipinski definition) is 8. The molecule has 1 unspecified atom stereocenters. The van der Waals surface area contributed by atoms with Crippen molar-refractivity contribution in [1.29, 1.82) is 0 Å². The fourth-order valence-electron chi connectivity index (χ4n) is 5.10. The Morgan fingerprint density at radius 2 is 1.93 bits per heavy atom. The summed E-state index contributed by atoms with van der Waals surface area (Å²) in [6.45, 7) is 1.48. The van der Waals surface area contributed by atoms with E-state index in [9.17, 15) is 27.1 Å². The largest absolute Gasteiger partial charge is 0.490 e. The molecule has 2 fully saturated rings. The minimum absolute atomic E-state index is 0. The molecule has 0 radical (unpaired) electrons. The van der Waals surface area contributed by atoms with Crippen molar-refractivity contribution in [3.8, 4) is 22.1 Å². The predicted molar refractivity (Wildman–Crippen MR) is 160 cm³/mol. The first-order valence-corrected chi connectivity index (χ1v) is 16.1. The Morgan fingerprint density at radius 1 is 1.14 bits per heavy atom. The number of rotatable bonds is 11. The van der Waals surface area contributed by atoms with E-state index in [1.165, 1.54) is 17.5 Å². The number of sulfonamides is 1. The lowest BCUT2D eigenvalue weighted by molar-refractivity contribution is 0.0691. The van der Waals surface area contributed by atoms with Crippen LogP contribution < -0.4 is 9.88 Å². The van der Waals surface area contributed by atoms with Crippen LogP contribution in [-0.4, -0.2) is 54.1 Å². The lowest BCUT2D eigenvalue weighted by Gasteiger charge is -2.13. The standard InChI is InChI=1S/C29H28F2N4O6S2.CH4/c30-21-5-4-19(12-25(21)41-14-18-7-8-40-13-18)27-20(9-17-3-6-26(22(31)10-17)43(32,38)39)24(11-16-1-2-16)35(34-27)29-33-23(15-42-29)28(36)37;/h3-6,10,12,15-16,18H,1-2,7-9,11,13-14H2,(H,36,37)(H2,32,38,39);1H4. The number of ether oxygens (including phenoxy) is 2. The molecule has 1 aliphatic heterocycles. The molecule has 6 rings (SSSR count). The Balaban J connectivity index is 0.00000384. The normalized spacial score (nSPS) is 16.6. The number of carboxylic acids is 1. The average molecular weight is 647 g/mol. The van der Waals surface area contributed by atoms with Crippen LogP contribution in [0.25, 0.3) is 16.4 Å². The van der Waals surface area contributed by atoms with E-state index in [0.717, 1.165) is 48.4 Å². The summed E-state index contributed by atoms with van der Waals surface area (Å²) >= 11 is 1.12. The van der Waals surface area contributed by atoms with Crippen LogP contribution in [0.15, 0.2) is 46.7 Å². The fraction of sp³-hybridized carbons (Fsp3) is 0.367. The van der Waals surface area contributed by atoms with E-state index in [-0.39, 0.29) is 31.2 Å². The van der Waals surface area contributed by atoms with Gasteiger partial charge in [0.1, 0.15) is 10.7 Å². The Hall–Kier alpha value is -3.72. The van der Waals surface area contributed by atoms with Gasteiger partial charge >= 0.3 is 5.97 Å². The summed E-state index contributed by atoms with van der Waals surface area (Å²) in [7, 11) is -4.25. The van der Waals surface area contributed by atoms with Gasteiger partial charge in [-0.15, -0.1) is 11.3 Å². The maximum absolute atomic E-state index is 14.8. The van der Waals surface area contributed by atoms with E-state index in [1.807, 2.05) is 0 Å². The minimum atomic E-state index is -4.25. The number of nitrogens with two attached hydrogens (primary N) is 1. The molecule has 3 heterocycles. The summed E-state index contributed by atoms with van der Waals surface area (Å²) in [6, 6.07) is 8.17. The third-order valence-electron chi connectivity index (χ3n) is 7.55. The van der Waals surface area contributed by atoms with Gasteiger partial charge in [-0.05, 0) is 67.5 Å². The zero-order valence-electron chi connectivity index (χ0n) is 22.8. The first-order chi connectivity index (χ1) is 20.6. The summed E-state index contributed by atoms with van der Waals surface area (Å²) < 4.78 is 66.1. The monoisotopic (exact) mass is 646 g/mol. The first-order valence-electron chi connectivity index (χ1n) is 13.7. The van der Waals surface area contributed by atoms with Gasteiger partial charge in [0.05, 0.1) is 24.6 Å². The number of hydrogen-bond donors (Lipinski definition) is 2. The smallest absolute Gasteiger partial charge is 0.355 e. The molecule has 1 aliphatic carbocycles. The molecule has 2 aromatic carbocycles. The summed E-state index contributed by atoms with van der Waals surface area (Å²) in [5.41, 5.74) is 2.81. The van der Waals surface area contributed by atoms with E-state index in [2.05, 4.69) is 4.98 Å². The molecule has 4 aromatic rings. The molecule has 1 saturated heterocycles. The second kappa shape index (κ2) is 12.7. The van der Waals surface area contributed by atoms with Gasteiger partial charge in [-0.3, -0.25) is 0 Å². The molecule has 3 N–H and O–H groups in total. The van der Waals surface area contributed by atoms with Crippen LogP contribution in [0, 0.1) is 23.5 Å². The molecule has 234 valence electrons. The number of carbonyl (C=O) groups is 1. The average Bonchev–Trinajstić information content (AvgIpc) is 3.30. The highest BCUT2D eigenvalue weighted by atomic mass is 32.2. The second-order valence-electron chi connectivity index (χ2n) is 10.8. The third kappa shape index (κ3) is 6.83. The van der Waals surface area contributed by atoms with E-state index in [1.54, 1.807) is 16.8 Å². The number of halogens is 2. The maximum Gasteiger partial charge on any atom is 0.355 e. The maximum atomic E-state index is 14.8. The van der Waals surface area contributed by atoms with E-state index >= 15 is 0 Å². The molecule has 14 heteroatoms. The van der Waals surface area contributed by atoms with Crippen molar-refractivity contribution in [2.75, 3.05) is 19.8 Å². The predicted octanol–water partition coefficient (Wildman–Crippen LogP) is 5.21. The molecule has 2 aromatic heterocycles. The number of aromatic nitrogens is 3. The van der Waals surface area contributed by atoms with E-state index < -0.39 is 32.5 Å². The molecular weight excluding hydrogens is 614 g/mol. The summed E-state index contributed by atoms with van der Waals surface area (Å²) in [5.74, 6) is -2.09. The highest BCUT2D eigenvalue weighted by Gasteiger charge is 2.30. The first kappa shape index (κ1) is 31.7. The van der Waals surface area contributed by atoms with E-state index in [0.29, 0.717) is 59.7 Å². The second-order valence-corrected chi connectivity index (χ2v) is 13.2. The van der Waals surface area contributed by atoms with Crippen molar-refractivity contribution >= 4 is 27.3 Å². The summed E-state index contributed by atoms with van der Waals surface area (Å²) in [4.78, 5) is 15.2. The number of thiazole rings is 1. The lowest BCUT2D eigenvalue weighted by atomic mass is 9.96. The minimum Gasteiger partial charge on any atom is -0.490 e. The number of aromatic carboxylic acids is 1. The molecule has 10 nitrogen and oxygen atoms in total. The van der Waals surface area contributed by atoms with Gasteiger partial charge in [-0.1, -0.05) is 13.5 Å². The zero-order valence-corrected chi connectivity index (χ0v) is 24.5. The fourth-order valence-corrected chi connectivity index (χ4v) is 6.46. The summed E-state index contributed by atoms with van der Waals surface area (Å²) in [5, 5.41) is 21.2. The number of carboxylic acid groups (broad SMARTS) is 1. The quantitative estimate of drug-likeness (QED) is 0.226. The van der Waals surface area contributed by atoms with E-state index in [4.69, 9.17) is 19.7 Å². The molecular formula is C30H32F2N4O6S2. The Labute approximate surface area is 257 Å². The van der Waals surface area contributed by atoms with Gasteiger partial charge in [0.2, 0.25) is 15.2 Å². The van der Waals surface area contributed by atoms with Crippen LogP contribution >= 0.6 is 11.3 Å². The Morgan fingerprint density at radius 3 is 2.57 bits per heavy atom. The van der Waals surface area contributed by atoms with Gasteiger partial charge < -0.3 is 14.6 Å². The van der Waals surface area contributed by atoms with Gasteiger partial charge in [0.25, 0.3) is 0 Å². The Kier molecular flexibility index (Phi) is 9.16. The van der Waals surface area contributed by atoms with Crippen LogP contribution in [0.2, 0.25) is 0 Å². The molecule has 0 bridgehead atoms.